The van der Waals surface area contributed by atoms with Gasteiger partial charge in [-0.1, -0.05) is 41.9 Å². The van der Waals surface area contributed by atoms with E-state index in [9.17, 15) is 13.2 Å². The fraction of sp³-hybridized carbons (Fsp3) is 0.552. The molecule has 1 aliphatic carbocycles. The van der Waals surface area contributed by atoms with E-state index in [2.05, 4.69) is 36.4 Å². The maximum absolute atomic E-state index is 12.9. The summed E-state index contributed by atoms with van der Waals surface area (Å²) in [5.41, 5.74) is 1.30. The van der Waals surface area contributed by atoms with Crippen molar-refractivity contribution in [3.63, 3.8) is 0 Å². The smallest absolute Gasteiger partial charge is 0.246 e. The van der Waals surface area contributed by atoms with Gasteiger partial charge in [-0.25, -0.2) is 8.42 Å². The fourth-order valence-corrected chi connectivity index (χ4v) is 7.52. The van der Waals surface area contributed by atoms with Crippen LogP contribution in [0.2, 0.25) is 5.02 Å². The number of amides is 1. The molecule has 4 rings (SSSR count). The molecule has 0 aromatic heterocycles. The molecule has 2 unspecified atom stereocenters. The lowest BCUT2D eigenvalue weighted by molar-refractivity contribution is -0.128. The molecule has 1 amide bonds. The van der Waals surface area contributed by atoms with Crippen molar-refractivity contribution in [2.45, 2.75) is 55.6 Å². The number of nitrogens with one attached hydrogen (secondary N) is 1. The Hall–Kier alpha value is -1.97. The van der Waals surface area contributed by atoms with E-state index < -0.39 is 10.0 Å². The van der Waals surface area contributed by atoms with Gasteiger partial charge < -0.3 is 15.0 Å². The van der Waals surface area contributed by atoms with Crippen molar-refractivity contribution >= 4 is 27.5 Å². The first kappa shape index (κ1) is 29.0. The third kappa shape index (κ3) is 7.57. The van der Waals surface area contributed by atoms with Crippen LogP contribution >= 0.6 is 11.6 Å². The minimum Gasteiger partial charge on any atom is -0.367 e. The third-order valence-corrected chi connectivity index (χ3v) is 10.00. The minimum absolute atomic E-state index is 0.0431. The second kappa shape index (κ2) is 13.4. The topological polar surface area (TPSA) is 79.0 Å². The lowest BCUT2D eigenvalue weighted by Crippen LogP contribution is -2.44. The first-order valence-electron chi connectivity index (χ1n) is 13.6. The zero-order valence-electron chi connectivity index (χ0n) is 22.4. The molecule has 2 atom stereocenters. The Bertz CT molecular complexity index is 1140. The van der Waals surface area contributed by atoms with Crippen LogP contribution < -0.4 is 5.32 Å². The van der Waals surface area contributed by atoms with Crippen LogP contribution in [0.4, 0.5) is 0 Å². The largest absolute Gasteiger partial charge is 0.367 e. The lowest BCUT2D eigenvalue weighted by Gasteiger charge is -2.37. The Morgan fingerprint density at radius 1 is 1.05 bits per heavy atom. The standard InChI is InChI=1S/C29H40ClN3O4S/c1-32(2)29(24-14-16-25(30)17-15-24)23-12-10-22(11-13-23)19-31-28(34)21-37-26-7-6-18-33(20-26)38(35,36)27-8-4-3-5-9-27/h3-5,8-9,14-17,22-23,26,29H,6-7,10-13,18-21H2,1-2H3,(H,31,34). The number of carbonyl (C=O) groups excluding carboxylic acids is 1. The van der Waals surface area contributed by atoms with Gasteiger partial charge in [-0.3, -0.25) is 4.79 Å². The number of benzene rings is 2. The van der Waals surface area contributed by atoms with Crippen molar-refractivity contribution in [1.29, 1.82) is 0 Å². The number of hydrogen-bond donors (Lipinski definition) is 1. The molecule has 2 aromatic rings. The number of sulfonamides is 1. The van der Waals surface area contributed by atoms with E-state index >= 15 is 0 Å². The molecular formula is C29H40ClN3O4S. The summed E-state index contributed by atoms with van der Waals surface area (Å²) in [5, 5.41) is 3.80. The Balaban J connectivity index is 1.19. The summed E-state index contributed by atoms with van der Waals surface area (Å²) < 4.78 is 33.2. The average Bonchev–Trinajstić information content (AvgIpc) is 2.93. The van der Waals surface area contributed by atoms with Gasteiger partial charge in [0.2, 0.25) is 15.9 Å². The molecule has 208 valence electrons. The van der Waals surface area contributed by atoms with Gasteiger partial charge in [0, 0.05) is 30.7 Å². The van der Waals surface area contributed by atoms with Gasteiger partial charge >= 0.3 is 0 Å². The highest BCUT2D eigenvalue weighted by atomic mass is 35.5. The second-order valence-electron chi connectivity index (χ2n) is 10.8. The van der Waals surface area contributed by atoms with Gasteiger partial charge in [0.15, 0.2) is 0 Å². The lowest BCUT2D eigenvalue weighted by atomic mass is 9.76. The van der Waals surface area contributed by atoms with Crippen LogP contribution in [-0.2, 0) is 19.6 Å². The van der Waals surface area contributed by atoms with E-state index in [4.69, 9.17) is 16.3 Å². The highest BCUT2D eigenvalue weighted by molar-refractivity contribution is 7.89. The number of nitrogens with zero attached hydrogens (tertiary/aromatic N) is 2. The summed E-state index contributed by atoms with van der Waals surface area (Å²) >= 11 is 6.09. The summed E-state index contributed by atoms with van der Waals surface area (Å²) in [7, 11) is 0.716. The molecule has 1 aliphatic heterocycles. The zero-order valence-corrected chi connectivity index (χ0v) is 24.0. The van der Waals surface area contributed by atoms with Gasteiger partial charge in [-0.2, -0.15) is 4.31 Å². The Labute approximate surface area is 232 Å². The Morgan fingerprint density at radius 3 is 2.39 bits per heavy atom. The fourth-order valence-electron chi connectivity index (χ4n) is 5.86. The number of rotatable bonds is 10. The average molecular weight is 562 g/mol. The van der Waals surface area contributed by atoms with E-state index in [1.54, 1.807) is 30.3 Å². The third-order valence-electron chi connectivity index (χ3n) is 7.87. The SMILES string of the molecule is CN(C)C(c1ccc(Cl)cc1)C1CCC(CNC(=O)COC2CCCN(S(=O)(=O)c3ccccc3)C2)CC1. The van der Waals surface area contributed by atoms with Gasteiger partial charge in [0.1, 0.15) is 6.61 Å². The van der Waals surface area contributed by atoms with Crippen LogP contribution in [0.25, 0.3) is 0 Å². The van der Waals surface area contributed by atoms with Gasteiger partial charge in [-0.05, 0) is 94.3 Å². The van der Waals surface area contributed by atoms with Crippen LogP contribution in [0.5, 0.6) is 0 Å². The molecule has 38 heavy (non-hydrogen) atoms. The van der Waals surface area contributed by atoms with E-state index in [0.717, 1.165) is 37.1 Å². The maximum atomic E-state index is 12.9. The number of halogens is 1. The van der Waals surface area contributed by atoms with Crippen molar-refractivity contribution in [2.75, 3.05) is 40.3 Å². The Kier molecular flexibility index (Phi) is 10.2. The van der Waals surface area contributed by atoms with E-state index in [1.165, 1.54) is 9.87 Å². The maximum Gasteiger partial charge on any atom is 0.246 e. The number of ether oxygens (including phenoxy) is 1. The monoisotopic (exact) mass is 561 g/mol. The minimum atomic E-state index is -3.55. The first-order chi connectivity index (χ1) is 18.2. The molecular weight excluding hydrogens is 522 g/mol. The second-order valence-corrected chi connectivity index (χ2v) is 13.2. The van der Waals surface area contributed by atoms with E-state index in [-0.39, 0.29) is 30.1 Å². The first-order valence-corrected chi connectivity index (χ1v) is 15.4. The Morgan fingerprint density at radius 2 is 1.74 bits per heavy atom. The van der Waals surface area contributed by atoms with Gasteiger partial charge in [0.05, 0.1) is 11.0 Å². The molecule has 1 saturated carbocycles. The molecule has 9 heteroatoms. The van der Waals surface area contributed by atoms with Crippen molar-refractivity contribution in [3.05, 3.63) is 65.2 Å². The quantitative estimate of drug-likeness (QED) is 0.453. The number of hydrogen-bond acceptors (Lipinski definition) is 5. The van der Waals surface area contributed by atoms with Crippen molar-refractivity contribution in [3.8, 4) is 0 Å². The number of piperidine rings is 1. The normalized spacial score (nSPS) is 23.7. The summed E-state index contributed by atoms with van der Waals surface area (Å²) in [6.45, 7) is 1.36. The molecule has 1 saturated heterocycles. The predicted molar refractivity (Wildman–Crippen MR) is 151 cm³/mol. The van der Waals surface area contributed by atoms with Gasteiger partial charge in [0.25, 0.3) is 0 Å². The van der Waals surface area contributed by atoms with Crippen molar-refractivity contribution < 1.29 is 17.9 Å². The molecule has 2 fully saturated rings. The van der Waals surface area contributed by atoms with Crippen LogP contribution in [0, 0.1) is 11.8 Å². The molecule has 2 aromatic carbocycles. The predicted octanol–water partition coefficient (Wildman–Crippen LogP) is 4.74. The van der Waals surface area contributed by atoms with E-state index in [0.29, 0.717) is 37.4 Å². The highest BCUT2D eigenvalue weighted by Crippen LogP contribution is 2.39. The van der Waals surface area contributed by atoms with Crippen LogP contribution in [0.15, 0.2) is 59.5 Å². The van der Waals surface area contributed by atoms with Gasteiger partial charge in [-0.15, -0.1) is 0 Å². The van der Waals surface area contributed by atoms with E-state index in [1.807, 2.05) is 12.1 Å². The summed E-state index contributed by atoms with van der Waals surface area (Å²) in [4.78, 5) is 15.1. The molecule has 1 N–H and O–H groups in total. The molecule has 0 radical (unpaired) electrons. The van der Waals surface area contributed by atoms with Crippen molar-refractivity contribution in [2.24, 2.45) is 11.8 Å². The van der Waals surface area contributed by atoms with Crippen LogP contribution in [0.3, 0.4) is 0 Å². The van der Waals surface area contributed by atoms with Crippen LogP contribution in [0.1, 0.15) is 50.1 Å². The summed E-state index contributed by atoms with van der Waals surface area (Å²) in [6.07, 6.45) is 5.59. The molecule has 1 heterocycles. The zero-order chi connectivity index (χ0) is 27.1. The molecule has 2 aliphatic rings. The summed E-state index contributed by atoms with van der Waals surface area (Å²) in [5.74, 6) is 0.898. The molecule has 7 nitrogen and oxygen atoms in total. The number of carbonyl (C=O) groups is 1. The summed E-state index contributed by atoms with van der Waals surface area (Å²) in [6, 6.07) is 17.0. The highest BCUT2D eigenvalue weighted by Gasteiger charge is 2.32. The molecule has 0 bridgehead atoms. The van der Waals surface area contributed by atoms with Crippen molar-refractivity contribution in [1.82, 2.24) is 14.5 Å². The molecule has 0 spiro atoms. The van der Waals surface area contributed by atoms with Crippen LogP contribution in [-0.4, -0.2) is 70.0 Å².